The number of aromatic nitrogens is 1. The van der Waals surface area contributed by atoms with Crippen molar-refractivity contribution in [3.05, 3.63) is 52.9 Å². The summed E-state index contributed by atoms with van der Waals surface area (Å²) < 4.78 is 10.2. The van der Waals surface area contributed by atoms with Gasteiger partial charge in [0.15, 0.2) is 0 Å². The van der Waals surface area contributed by atoms with Crippen LogP contribution in [0.3, 0.4) is 0 Å². The molecule has 1 amide bonds. The molecule has 0 spiro atoms. The Bertz CT molecular complexity index is 755. The fourth-order valence-corrected chi connectivity index (χ4v) is 3.65. The van der Waals surface area contributed by atoms with Crippen molar-refractivity contribution in [2.75, 3.05) is 33.4 Å². The molecule has 6 nitrogen and oxygen atoms in total. The van der Waals surface area contributed by atoms with E-state index in [2.05, 4.69) is 53.5 Å². The molecule has 1 aromatic carbocycles. The maximum absolute atomic E-state index is 12.1. The highest BCUT2D eigenvalue weighted by atomic mass is 16.5. The molecular formula is C22H31N3O3. The van der Waals surface area contributed by atoms with Gasteiger partial charge in [-0.05, 0) is 36.4 Å². The number of benzene rings is 1. The number of carbonyl (C=O) groups excluding carboxylic acids is 1. The predicted molar refractivity (Wildman–Crippen MR) is 108 cm³/mol. The van der Waals surface area contributed by atoms with Gasteiger partial charge < -0.3 is 14.6 Å². The van der Waals surface area contributed by atoms with Crippen LogP contribution in [0.1, 0.15) is 65.9 Å². The van der Waals surface area contributed by atoms with E-state index in [0.29, 0.717) is 25.0 Å². The summed E-state index contributed by atoms with van der Waals surface area (Å²) in [6.45, 7) is 8.33. The second-order valence-electron chi connectivity index (χ2n) is 7.84. The van der Waals surface area contributed by atoms with Gasteiger partial charge in [0.25, 0.3) is 5.91 Å². The number of amides is 1. The minimum Gasteiger partial charge on any atom is -0.383 e. The molecule has 1 atom stereocenters. The lowest BCUT2D eigenvalue weighted by molar-refractivity contribution is 0.0900. The van der Waals surface area contributed by atoms with Crippen LogP contribution >= 0.6 is 0 Å². The standard InChI is InChI=1S/C22H31N3O3/c1-16(2)18-8-6-17(7-9-18)14-25-11-4-5-19(15-25)20-13-21(28-24-20)22(26)23-10-12-27-3/h6-9,13,16,19H,4-5,10-12,14-15H2,1-3H3,(H,23,26)/t19-/m0/s1. The maximum atomic E-state index is 12.1. The predicted octanol–water partition coefficient (Wildman–Crippen LogP) is 3.55. The summed E-state index contributed by atoms with van der Waals surface area (Å²) in [5, 5.41) is 6.93. The lowest BCUT2D eigenvalue weighted by Gasteiger charge is -2.31. The molecule has 0 radical (unpaired) electrons. The molecule has 1 aliphatic rings. The monoisotopic (exact) mass is 385 g/mol. The highest BCUT2D eigenvalue weighted by molar-refractivity contribution is 5.91. The maximum Gasteiger partial charge on any atom is 0.289 e. The molecule has 1 aliphatic heterocycles. The largest absolute Gasteiger partial charge is 0.383 e. The van der Waals surface area contributed by atoms with Crippen molar-refractivity contribution in [3.63, 3.8) is 0 Å². The molecule has 0 aliphatic carbocycles. The Morgan fingerprint density at radius 2 is 2.14 bits per heavy atom. The number of piperidine rings is 1. The van der Waals surface area contributed by atoms with Gasteiger partial charge in [-0.3, -0.25) is 9.69 Å². The molecule has 1 saturated heterocycles. The Hall–Kier alpha value is -2.18. The minimum atomic E-state index is -0.242. The molecule has 0 bridgehead atoms. The fourth-order valence-electron chi connectivity index (χ4n) is 3.65. The number of nitrogens with zero attached hydrogens (tertiary/aromatic N) is 2. The van der Waals surface area contributed by atoms with Crippen LogP contribution in [0.2, 0.25) is 0 Å². The van der Waals surface area contributed by atoms with Gasteiger partial charge in [-0.1, -0.05) is 43.3 Å². The first-order valence-electron chi connectivity index (χ1n) is 10.1. The van der Waals surface area contributed by atoms with Crippen molar-refractivity contribution in [2.45, 2.75) is 45.1 Å². The molecule has 3 rings (SSSR count). The Labute approximate surface area is 167 Å². The summed E-state index contributed by atoms with van der Waals surface area (Å²) in [6, 6.07) is 10.7. The molecule has 1 N–H and O–H groups in total. The van der Waals surface area contributed by atoms with Crippen molar-refractivity contribution in [2.24, 2.45) is 0 Å². The topological polar surface area (TPSA) is 67.6 Å². The third kappa shape index (κ3) is 5.42. The van der Waals surface area contributed by atoms with Gasteiger partial charge in [-0.15, -0.1) is 0 Å². The smallest absolute Gasteiger partial charge is 0.289 e. The van der Waals surface area contributed by atoms with Crippen molar-refractivity contribution in [1.29, 1.82) is 0 Å². The van der Waals surface area contributed by atoms with Gasteiger partial charge in [0.1, 0.15) is 0 Å². The molecule has 2 heterocycles. The first kappa shape index (κ1) is 20.6. The van der Waals surface area contributed by atoms with Crippen LogP contribution in [0, 0.1) is 0 Å². The van der Waals surface area contributed by atoms with Crippen molar-refractivity contribution in [3.8, 4) is 0 Å². The Morgan fingerprint density at radius 1 is 1.36 bits per heavy atom. The lowest BCUT2D eigenvalue weighted by atomic mass is 9.94. The van der Waals surface area contributed by atoms with Crippen LogP contribution in [-0.4, -0.2) is 49.3 Å². The summed E-state index contributed by atoms with van der Waals surface area (Å²) in [7, 11) is 1.60. The van der Waals surface area contributed by atoms with Gasteiger partial charge in [0.05, 0.1) is 12.3 Å². The lowest BCUT2D eigenvalue weighted by Crippen LogP contribution is -2.34. The van der Waals surface area contributed by atoms with Crippen LogP contribution in [0.5, 0.6) is 0 Å². The number of ether oxygens (including phenoxy) is 1. The van der Waals surface area contributed by atoms with E-state index in [0.717, 1.165) is 38.2 Å². The van der Waals surface area contributed by atoms with Gasteiger partial charge in [-0.2, -0.15) is 0 Å². The normalized spacial score (nSPS) is 17.8. The van der Waals surface area contributed by atoms with Crippen molar-refractivity contribution in [1.82, 2.24) is 15.4 Å². The van der Waals surface area contributed by atoms with E-state index in [4.69, 9.17) is 9.26 Å². The molecule has 6 heteroatoms. The zero-order valence-electron chi connectivity index (χ0n) is 17.1. The average molecular weight is 386 g/mol. The first-order valence-corrected chi connectivity index (χ1v) is 10.1. The van der Waals surface area contributed by atoms with E-state index in [9.17, 15) is 4.79 Å². The zero-order valence-corrected chi connectivity index (χ0v) is 17.1. The summed E-state index contributed by atoms with van der Waals surface area (Å²) in [6.07, 6.45) is 2.19. The summed E-state index contributed by atoms with van der Waals surface area (Å²) in [4.78, 5) is 14.5. The second-order valence-corrected chi connectivity index (χ2v) is 7.84. The molecular weight excluding hydrogens is 354 g/mol. The van der Waals surface area contributed by atoms with E-state index in [1.165, 1.54) is 11.1 Å². The number of rotatable bonds is 8. The summed E-state index contributed by atoms with van der Waals surface area (Å²) in [5.74, 6) is 0.885. The average Bonchev–Trinajstić information content (AvgIpc) is 3.19. The number of methoxy groups -OCH3 is 1. The highest BCUT2D eigenvalue weighted by Crippen LogP contribution is 2.27. The number of hydrogen-bond donors (Lipinski definition) is 1. The quantitative estimate of drug-likeness (QED) is 0.704. The van der Waals surface area contributed by atoms with Crippen LogP contribution in [0.25, 0.3) is 0 Å². The van der Waals surface area contributed by atoms with E-state index in [1.54, 1.807) is 13.2 Å². The number of hydrogen-bond acceptors (Lipinski definition) is 5. The van der Waals surface area contributed by atoms with Crippen molar-refractivity contribution >= 4 is 5.91 Å². The Morgan fingerprint density at radius 3 is 2.86 bits per heavy atom. The summed E-state index contributed by atoms with van der Waals surface area (Å²) >= 11 is 0. The van der Waals surface area contributed by atoms with Gasteiger partial charge in [0, 0.05) is 38.7 Å². The molecule has 1 fully saturated rings. The molecule has 2 aromatic rings. The van der Waals surface area contributed by atoms with Gasteiger partial charge in [0.2, 0.25) is 5.76 Å². The van der Waals surface area contributed by atoms with E-state index in [-0.39, 0.29) is 11.7 Å². The number of likely N-dealkylation sites (tertiary alicyclic amines) is 1. The first-order chi connectivity index (χ1) is 13.6. The molecule has 0 saturated carbocycles. The third-order valence-corrected chi connectivity index (χ3v) is 5.32. The van der Waals surface area contributed by atoms with E-state index < -0.39 is 0 Å². The SMILES string of the molecule is COCCNC(=O)c1cc([C@H]2CCCN(Cc3ccc(C(C)C)cc3)C2)no1. The van der Waals surface area contributed by atoms with Gasteiger partial charge >= 0.3 is 0 Å². The Balaban J connectivity index is 1.56. The van der Waals surface area contributed by atoms with Crippen LogP contribution in [0.4, 0.5) is 0 Å². The minimum absolute atomic E-state index is 0.242. The second kappa shape index (κ2) is 9.85. The molecule has 28 heavy (non-hydrogen) atoms. The van der Waals surface area contributed by atoms with Crippen molar-refractivity contribution < 1.29 is 14.1 Å². The zero-order chi connectivity index (χ0) is 19.9. The highest BCUT2D eigenvalue weighted by Gasteiger charge is 2.25. The van der Waals surface area contributed by atoms with E-state index in [1.807, 2.05) is 0 Å². The van der Waals surface area contributed by atoms with Crippen LogP contribution in [0.15, 0.2) is 34.9 Å². The number of nitrogens with one attached hydrogen (secondary N) is 1. The summed E-state index contributed by atoms with van der Waals surface area (Å²) in [5.41, 5.74) is 3.58. The van der Waals surface area contributed by atoms with Crippen LogP contribution in [-0.2, 0) is 11.3 Å². The molecule has 1 aromatic heterocycles. The fraction of sp³-hybridized carbons (Fsp3) is 0.545. The molecule has 0 unspecified atom stereocenters. The van der Waals surface area contributed by atoms with Crippen LogP contribution < -0.4 is 5.32 Å². The van der Waals surface area contributed by atoms with E-state index >= 15 is 0 Å². The van der Waals surface area contributed by atoms with Gasteiger partial charge in [-0.25, -0.2) is 0 Å². The third-order valence-electron chi connectivity index (χ3n) is 5.32. The number of carbonyl (C=O) groups is 1. The molecule has 152 valence electrons. The Kier molecular flexibility index (Phi) is 7.23.